The first-order valence-corrected chi connectivity index (χ1v) is 7.54. The summed E-state index contributed by atoms with van der Waals surface area (Å²) in [7, 11) is 4.40. The minimum atomic E-state index is -0.820. The maximum Gasteiger partial charge on any atom is 0.343 e. The zero-order valence-corrected chi connectivity index (χ0v) is 14.3. The maximum absolute atomic E-state index is 12.4. The third-order valence-corrected chi connectivity index (χ3v) is 3.58. The molecule has 0 aliphatic carbocycles. The molecule has 0 aromatic heterocycles. The van der Waals surface area contributed by atoms with Crippen LogP contribution < -0.4 is 24.7 Å². The molecule has 0 aliphatic rings. The van der Waals surface area contributed by atoms with Crippen molar-refractivity contribution in [1.82, 2.24) is 0 Å². The lowest BCUT2D eigenvalue weighted by atomic mass is 10.1. The number of rotatable bonds is 7. The van der Waals surface area contributed by atoms with Crippen LogP contribution in [0.15, 0.2) is 36.4 Å². The summed E-state index contributed by atoms with van der Waals surface area (Å²) < 4.78 is 21.0. The smallest absolute Gasteiger partial charge is 0.343 e. The number of methoxy groups -OCH3 is 3. The van der Waals surface area contributed by atoms with Crippen LogP contribution in [0.2, 0.25) is 0 Å². The topological polar surface area (TPSA) is 100 Å². The van der Waals surface area contributed by atoms with Gasteiger partial charge in [0.15, 0.2) is 11.5 Å². The molecule has 2 aromatic rings. The van der Waals surface area contributed by atoms with E-state index in [9.17, 15) is 9.90 Å². The van der Waals surface area contributed by atoms with E-state index in [1.54, 1.807) is 24.3 Å². The molecule has 2 rings (SSSR count). The Morgan fingerprint density at radius 2 is 1.72 bits per heavy atom. The summed E-state index contributed by atoms with van der Waals surface area (Å²) in [6.07, 6.45) is -0.820. The van der Waals surface area contributed by atoms with Crippen LogP contribution in [0.4, 0.5) is 0 Å². The van der Waals surface area contributed by atoms with Crippen molar-refractivity contribution in [3.8, 4) is 23.0 Å². The summed E-state index contributed by atoms with van der Waals surface area (Å²) in [5.41, 5.74) is 6.24. The largest absolute Gasteiger partial charge is 0.493 e. The molecule has 2 aromatic carbocycles. The lowest BCUT2D eigenvalue weighted by molar-refractivity contribution is 0.0733. The minimum absolute atomic E-state index is 0.0737. The fourth-order valence-corrected chi connectivity index (χ4v) is 2.29. The molecule has 1 atom stereocenters. The Balaban J connectivity index is 2.29. The number of hydrogen-bond acceptors (Lipinski definition) is 7. The number of carbonyl (C=O) groups is 1. The van der Waals surface area contributed by atoms with Crippen molar-refractivity contribution in [3.63, 3.8) is 0 Å². The fraction of sp³-hybridized carbons (Fsp3) is 0.278. The molecule has 0 aliphatic heterocycles. The van der Waals surface area contributed by atoms with E-state index < -0.39 is 12.1 Å². The molecule has 0 bridgehead atoms. The monoisotopic (exact) mass is 347 g/mol. The Labute approximate surface area is 145 Å². The predicted molar refractivity (Wildman–Crippen MR) is 91.5 cm³/mol. The van der Waals surface area contributed by atoms with E-state index in [0.29, 0.717) is 28.6 Å². The standard InChI is InChI=1S/C18H21NO6/c1-22-15-8-12(9-16(23-2)17(15)24-3)18(21)25-13-6-4-5-11(7-13)14(20)10-19/h4-9,14,20H,10,19H2,1-3H3. The van der Waals surface area contributed by atoms with Crippen molar-refractivity contribution >= 4 is 5.97 Å². The van der Waals surface area contributed by atoms with Gasteiger partial charge in [0.05, 0.1) is 33.0 Å². The van der Waals surface area contributed by atoms with E-state index in [0.717, 1.165) is 0 Å². The Kier molecular flexibility index (Phi) is 6.21. The number of esters is 1. The van der Waals surface area contributed by atoms with Crippen LogP contribution in [0.1, 0.15) is 22.0 Å². The van der Waals surface area contributed by atoms with Gasteiger partial charge in [0, 0.05) is 6.54 Å². The van der Waals surface area contributed by atoms with E-state index >= 15 is 0 Å². The van der Waals surface area contributed by atoms with E-state index in [4.69, 9.17) is 24.7 Å². The molecule has 7 nitrogen and oxygen atoms in total. The average molecular weight is 347 g/mol. The normalized spacial score (nSPS) is 11.6. The lowest BCUT2D eigenvalue weighted by Gasteiger charge is -2.14. The second-order valence-electron chi connectivity index (χ2n) is 5.13. The molecule has 0 saturated heterocycles. The Morgan fingerprint density at radius 1 is 1.08 bits per heavy atom. The molecule has 0 saturated carbocycles. The van der Waals surface area contributed by atoms with Crippen LogP contribution in [0.5, 0.6) is 23.0 Å². The molecule has 0 amide bonds. The van der Waals surface area contributed by atoms with Crippen LogP contribution in [-0.2, 0) is 0 Å². The zero-order valence-electron chi connectivity index (χ0n) is 14.3. The first-order chi connectivity index (χ1) is 12.0. The second kappa shape index (κ2) is 8.36. The van der Waals surface area contributed by atoms with Crippen LogP contribution in [0.3, 0.4) is 0 Å². The van der Waals surface area contributed by atoms with Gasteiger partial charge in [-0.15, -0.1) is 0 Å². The molecular weight excluding hydrogens is 326 g/mol. The third-order valence-electron chi connectivity index (χ3n) is 3.58. The predicted octanol–water partition coefficient (Wildman–Crippen LogP) is 1.92. The van der Waals surface area contributed by atoms with Gasteiger partial charge in [0.25, 0.3) is 0 Å². The van der Waals surface area contributed by atoms with E-state index in [1.165, 1.54) is 33.5 Å². The highest BCUT2D eigenvalue weighted by Gasteiger charge is 2.18. The fourth-order valence-electron chi connectivity index (χ4n) is 2.29. The number of nitrogens with two attached hydrogens (primary N) is 1. The Morgan fingerprint density at radius 3 is 2.24 bits per heavy atom. The zero-order chi connectivity index (χ0) is 18.4. The first kappa shape index (κ1) is 18.6. The molecule has 7 heteroatoms. The van der Waals surface area contributed by atoms with Gasteiger partial charge in [0.2, 0.25) is 5.75 Å². The highest BCUT2D eigenvalue weighted by atomic mass is 16.5. The number of hydrogen-bond donors (Lipinski definition) is 2. The summed E-state index contributed by atoms with van der Waals surface area (Å²) in [4.78, 5) is 12.4. The molecular formula is C18H21NO6. The van der Waals surface area contributed by atoms with Crippen molar-refractivity contribution < 1.29 is 28.8 Å². The van der Waals surface area contributed by atoms with Gasteiger partial charge in [-0.3, -0.25) is 0 Å². The van der Waals surface area contributed by atoms with Crippen LogP contribution in [0, 0.1) is 0 Å². The van der Waals surface area contributed by atoms with Gasteiger partial charge < -0.3 is 29.8 Å². The van der Waals surface area contributed by atoms with Crippen LogP contribution >= 0.6 is 0 Å². The van der Waals surface area contributed by atoms with Crippen LogP contribution in [-0.4, -0.2) is 38.9 Å². The maximum atomic E-state index is 12.4. The summed E-state index contributed by atoms with van der Waals surface area (Å²) in [5, 5.41) is 9.79. The van der Waals surface area contributed by atoms with Crippen molar-refractivity contribution in [2.24, 2.45) is 5.73 Å². The first-order valence-electron chi connectivity index (χ1n) is 7.54. The van der Waals surface area contributed by atoms with E-state index in [-0.39, 0.29) is 12.1 Å². The minimum Gasteiger partial charge on any atom is -0.493 e. The molecule has 0 radical (unpaired) electrons. The lowest BCUT2D eigenvalue weighted by Crippen LogP contribution is -2.13. The molecule has 134 valence electrons. The molecule has 0 spiro atoms. The molecule has 3 N–H and O–H groups in total. The number of aliphatic hydroxyl groups excluding tert-OH is 1. The highest BCUT2D eigenvalue weighted by Crippen LogP contribution is 2.38. The van der Waals surface area contributed by atoms with Gasteiger partial charge in [-0.2, -0.15) is 0 Å². The molecule has 25 heavy (non-hydrogen) atoms. The van der Waals surface area contributed by atoms with Crippen LogP contribution in [0.25, 0.3) is 0 Å². The molecule has 0 fully saturated rings. The van der Waals surface area contributed by atoms with Crippen molar-refractivity contribution in [2.45, 2.75) is 6.10 Å². The summed E-state index contributed by atoms with van der Waals surface area (Å²) in [5.74, 6) is 0.777. The number of aliphatic hydroxyl groups is 1. The summed E-state index contributed by atoms with van der Waals surface area (Å²) >= 11 is 0. The van der Waals surface area contributed by atoms with Crippen molar-refractivity contribution in [2.75, 3.05) is 27.9 Å². The Hall–Kier alpha value is -2.77. The van der Waals surface area contributed by atoms with Gasteiger partial charge in [0.1, 0.15) is 5.75 Å². The molecule has 1 unspecified atom stereocenters. The van der Waals surface area contributed by atoms with E-state index in [1.807, 2.05) is 0 Å². The van der Waals surface area contributed by atoms with Gasteiger partial charge in [-0.25, -0.2) is 4.79 Å². The summed E-state index contributed by atoms with van der Waals surface area (Å²) in [6.45, 7) is 0.0737. The number of ether oxygens (including phenoxy) is 4. The quantitative estimate of drug-likeness (QED) is 0.583. The SMILES string of the molecule is COc1cc(C(=O)Oc2cccc(C(O)CN)c2)cc(OC)c1OC. The van der Waals surface area contributed by atoms with Crippen molar-refractivity contribution in [3.05, 3.63) is 47.5 Å². The van der Waals surface area contributed by atoms with E-state index in [2.05, 4.69) is 0 Å². The van der Waals surface area contributed by atoms with Gasteiger partial charge in [-0.05, 0) is 29.8 Å². The average Bonchev–Trinajstić information content (AvgIpc) is 2.66. The second-order valence-corrected chi connectivity index (χ2v) is 5.13. The Bertz CT molecular complexity index is 721. The van der Waals surface area contributed by atoms with Gasteiger partial charge in [-0.1, -0.05) is 12.1 Å². The molecule has 0 heterocycles. The van der Waals surface area contributed by atoms with Crippen molar-refractivity contribution in [1.29, 1.82) is 0 Å². The summed E-state index contributed by atoms with van der Waals surface area (Å²) in [6, 6.07) is 9.56. The number of benzene rings is 2. The highest BCUT2D eigenvalue weighted by molar-refractivity contribution is 5.92. The van der Waals surface area contributed by atoms with Gasteiger partial charge >= 0.3 is 5.97 Å². The third kappa shape index (κ3) is 4.20. The number of carbonyl (C=O) groups excluding carboxylic acids is 1.